The van der Waals surface area contributed by atoms with Crippen molar-refractivity contribution in [1.82, 2.24) is 4.72 Å². The van der Waals surface area contributed by atoms with E-state index in [1.54, 1.807) is 13.8 Å². The van der Waals surface area contributed by atoms with Crippen LogP contribution in [0.25, 0.3) is 0 Å². The second-order valence-electron chi connectivity index (χ2n) is 3.95. The second kappa shape index (κ2) is 5.27. The SMILES string of the molecule is C=CCS(=O)(=O)NC(C)(C)CCC(=O)O. The summed E-state index contributed by atoms with van der Waals surface area (Å²) in [6.45, 7) is 6.64. The summed E-state index contributed by atoms with van der Waals surface area (Å²) in [6.07, 6.45) is 1.47. The van der Waals surface area contributed by atoms with E-state index in [1.165, 1.54) is 6.08 Å². The molecular formula is C9H17NO4S. The molecule has 0 aliphatic carbocycles. The molecule has 0 aromatic heterocycles. The maximum absolute atomic E-state index is 11.4. The van der Waals surface area contributed by atoms with Gasteiger partial charge in [0.1, 0.15) is 0 Å². The van der Waals surface area contributed by atoms with Gasteiger partial charge in [-0.15, -0.1) is 6.58 Å². The summed E-state index contributed by atoms with van der Waals surface area (Å²) in [4.78, 5) is 10.3. The first kappa shape index (κ1) is 14.1. The number of sulfonamides is 1. The maximum Gasteiger partial charge on any atom is 0.303 e. The average Bonchev–Trinajstić information content (AvgIpc) is 1.98. The van der Waals surface area contributed by atoms with Crippen LogP contribution in [0.15, 0.2) is 12.7 Å². The quantitative estimate of drug-likeness (QED) is 0.637. The summed E-state index contributed by atoms with van der Waals surface area (Å²) < 4.78 is 25.1. The predicted molar refractivity (Wildman–Crippen MR) is 58.1 cm³/mol. The molecule has 0 aromatic rings. The van der Waals surface area contributed by atoms with Crippen molar-refractivity contribution in [2.75, 3.05) is 5.75 Å². The van der Waals surface area contributed by atoms with Crippen LogP contribution < -0.4 is 4.72 Å². The smallest absolute Gasteiger partial charge is 0.303 e. The predicted octanol–water partition coefficient (Wildman–Crippen LogP) is 0.735. The zero-order chi connectivity index (χ0) is 12.1. The molecule has 0 saturated heterocycles. The van der Waals surface area contributed by atoms with E-state index >= 15 is 0 Å². The van der Waals surface area contributed by atoms with Gasteiger partial charge in [0.2, 0.25) is 10.0 Å². The molecule has 0 radical (unpaired) electrons. The van der Waals surface area contributed by atoms with Crippen molar-refractivity contribution in [3.63, 3.8) is 0 Å². The summed E-state index contributed by atoms with van der Waals surface area (Å²) in [5.41, 5.74) is -0.750. The van der Waals surface area contributed by atoms with Gasteiger partial charge in [0.05, 0.1) is 5.75 Å². The maximum atomic E-state index is 11.4. The van der Waals surface area contributed by atoms with E-state index in [0.717, 1.165) is 0 Å². The minimum Gasteiger partial charge on any atom is -0.481 e. The first-order chi connectivity index (χ1) is 6.68. The van der Waals surface area contributed by atoms with E-state index < -0.39 is 21.5 Å². The fourth-order valence-electron chi connectivity index (χ4n) is 1.09. The molecule has 0 spiro atoms. The van der Waals surface area contributed by atoms with Crippen molar-refractivity contribution in [1.29, 1.82) is 0 Å². The van der Waals surface area contributed by atoms with E-state index in [-0.39, 0.29) is 18.6 Å². The standard InChI is InChI=1S/C9H17NO4S/c1-4-7-15(13,14)10-9(2,3)6-5-8(11)12/h4,10H,1,5-7H2,2-3H3,(H,11,12). The van der Waals surface area contributed by atoms with Crippen LogP contribution in [-0.4, -0.2) is 30.8 Å². The van der Waals surface area contributed by atoms with Gasteiger partial charge in [-0.1, -0.05) is 6.08 Å². The lowest BCUT2D eigenvalue weighted by molar-refractivity contribution is -0.137. The topological polar surface area (TPSA) is 83.5 Å². The molecule has 15 heavy (non-hydrogen) atoms. The molecule has 5 nitrogen and oxygen atoms in total. The largest absolute Gasteiger partial charge is 0.481 e. The molecule has 0 aliphatic heterocycles. The van der Waals surface area contributed by atoms with Gasteiger partial charge in [-0.25, -0.2) is 13.1 Å². The van der Waals surface area contributed by atoms with Crippen LogP contribution in [0.1, 0.15) is 26.7 Å². The number of hydrogen-bond acceptors (Lipinski definition) is 3. The Hall–Kier alpha value is -0.880. The molecule has 0 saturated carbocycles. The van der Waals surface area contributed by atoms with Crippen LogP contribution in [-0.2, 0) is 14.8 Å². The van der Waals surface area contributed by atoms with E-state index in [9.17, 15) is 13.2 Å². The van der Waals surface area contributed by atoms with Crippen molar-refractivity contribution < 1.29 is 18.3 Å². The number of carboxylic acids is 1. The van der Waals surface area contributed by atoms with Crippen LogP contribution in [0, 0.1) is 0 Å². The third-order valence-electron chi connectivity index (χ3n) is 1.73. The molecule has 0 fully saturated rings. The number of hydrogen-bond donors (Lipinski definition) is 2. The molecule has 0 aliphatic rings. The highest BCUT2D eigenvalue weighted by molar-refractivity contribution is 7.89. The normalized spacial score (nSPS) is 12.4. The first-order valence-corrected chi connectivity index (χ1v) is 6.18. The third-order valence-corrected chi connectivity index (χ3v) is 3.27. The van der Waals surface area contributed by atoms with Gasteiger partial charge in [-0.3, -0.25) is 4.79 Å². The molecule has 2 N–H and O–H groups in total. The van der Waals surface area contributed by atoms with Crippen LogP contribution in [0.5, 0.6) is 0 Å². The Morgan fingerprint density at radius 3 is 2.47 bits per heavy atom. The van der Waals surface area contributed by atoms with Crippen molar-refractivity contribution in [2.45, 2.75) is 32.2 Å². The molecule has 6 heteroatoms. The zero-order valence-electron chi connectivity index (χ0n) is 8.99. The van der Waals surface area contributed by atoms with E-state index in [4.69, 9.17) is 5.11 Å². The van der Waals surface area contributed by atoms with Crippen LogP contribution in [0.4, 0.5) is 0 Å². The Morgan fingerprint density at radius 2 is 2.07 bits per heavy atom. The van der Waals surface area contributed by atoms with Crippen LogP contribution in [0.3, 0.4) is 0 Å². The Labute approximate surface area is 90.2 Å². The number of aliphatic carboxylic acids is 1. The van der Waals surface area contributed by atoms with Gasteiger partial charge in [0.15, 0.2) is 0 Å². The third kappa shape index (κ3) is 7.10. The van der Waals surface area contributed by atoms with Gasteiger partial charge in [0.25, 0.3) is 0 Å². The lowest BCUT2D eigenvalue weighted by Gasteiger charge is -2.24. The monoisotopic (exact) mass is 235 g/mol. The number of carboxylic acid groups (broad SMARTS) is 1. The molecule has 0 heterocycles. The minimum absolute atomic E-state index is 0.0659. The molecule has 0 rings (SSSR count). The molecule has 0 bridgehead atoms. The number of carbonyl (C=O) groups is 1. The summed E-state index contributed by atoms with van der Waals surface area (Å²) in [6, 6.07) is 0. The van der Waals surface area contributed by atoms with Crippen molar-refractivity contribution in [3.8, 4) is 0 Å². The number of rotatable bonds is 7. The van der Waals surface area contributed by atoms with E-state index in [0.29, 0.717) is 0 Å². The minimum atomic E-state index is -3.40. The van der Waals surface area contributed by atoms with Gasteiger partial charge in [0, 0.05) is 12.0 Å². The Balaban J connectivity index is 4.36. The molecule has 88 valence electrons. The highest BCUT2D eigenvalue weighted by atomic mass is 32.2. The fourth-order valence-corrected chi connectivity index (χ4v) is 2.43. The first-order valence-electron chi connectivity index (χ1n) is 4.53. The van der Waals surface area contributed by atoms with E-state index in [2.05, 4.69) is 11.3 Å². The molecule has 0 amide bonds. The van der Waals surface area contributed by atoms with E-state index in [1.807, 2.05) is 0 Å². The summed E-state index contributed by atoms with van der Waals surface area (Å²) in [7, 11) is -3.40. The fraction of sp³-hybridized carbons (Fsp3) is 0.667. The van der Waals surface area contributed by atoms with Gasteiger partial charge >= 0.3 is 5.97 Å². The zero-order valence-corrected chi connectivity index (χ0v) is 9.80. The molecule has 0 aromatic carbocycles. The van der Waals surface area contributed by atoms with Crippen molar-refractivity contribution >= 4 is 16.0 Å². The average molecular weight is 235 g/mol. The van der Waals surface area contributed by atoms with Crippen molar-refractivity contribution in [2.24, 2.45) is 0 Å². The number of nitrogens with one attached hydrogen (secondary N) is 1. The van der Waals surface area contributed by atoms with Gasteiger partial charge < -0.3 is 5.11 Å². The van der Waals surface area contributed by atoms with Crippen LogP contribution in [0.2, 0.25) is 0 Å². The summed E-state index contributed by atoms with van der Waals surface area (Å²) in [5, 5.41) is 8.49. The van der Waals surface area contributed by atoms with Crippen LogP contribution >= 0.6 is 0 Å². The molecule has 0 atom stereocenters. The Bertz CT molecular complexity index is 332. The summed E-state index contributed by atoms with van der Waals surface area (Å²) >= 11 is 0. The molecule has 0 unspecified atom stereocenters. The second-order valence-corrected chi connectivity index (χ2v) is 5.72. The summed E-state index contributed by atoms with van der Waals surface area (Å²) in [5.74, 6) is -1.10. The van der Waals surface area contributed by atoms with Crippen molar-refractivity contribution in [3.05, 3.63) is 12.7 Å². The Kier molecular flexibility index (Phi) is 4.96. The highest BCUT2D eigenvalue weighted by Gasteiger charge is 2.24. The Morgan fingerprint density at radius 1 is 1.53 bits per heavy atom. The van der Waals surface area contributed by atoms with Gasteiger partial charge in [-0.2, -0.15) is 0 Å². The highest BCUT2D eigenvalue weighted by Crippen LogP contribution is 2.12. The lowest BCUT2D eigenvalue weighted by Crippen LogP contribution is -2.44. The molecular weight excluding hydrogens is 218 g/mol. The van der Waals surface area contributed by atoms with Gasteiger partial charge in [-0.05, 0) is 20.3 Å². The lowest BCUT2D eigenvalue weighted by atomic mass is 10.0.